The number of hydrogen-bond acceptors (Lipinski definition) is 8. The van der Waals surface area contributed by atoms with Gasteiger partial charge >= 0.3 is 0 Å². The first-order valence-corrected chi connectivity index (χ1v) is 16.1. The van der Waals surface area contributed by atoms with Gasteiger partial charge in [-0.3, -0.25) is 19.6 Å². The van der Waals surface area contributed by atoms with Gasteiger partial charge in [0.2, 0.25) is 0 Å². The molecular weight excluding hydrogens is 647 g/mol. The van der Waals surface area contributed by atoms with Crippen molar-refractivity contribution < 1.29 is 18.7 Å². The summed E-state index contributed by atoms with van der Waals surface area (Å²) in [5.41, 5.74) is 6.59. The second-order valence-electron chi connectivity index (χ2n) is 11.9. The van der Waals surface area contributed by atoms with Crippen LogP contribution in [0.15, 0.2) is 60.9 Å². The van der Waals surface area contributed by atoms with Crippen molar-refractivity contribution in [1.82, 2.24) is 24.4 Å². The van der Waals surface area contributed by atoms with E-state index in [2.05, 4.69) is 35.8 Å². The van der Waals surface area contributed by atoms with Crippen LogP contribution in [0.3, 0.4) is 0 Å². The maximum absolute atomic E-state index is 14.4. The van der Waals surface area contributed by atoms with Gasteiger partial charge in [-0.2, -0.15) is 0 Å². The first kappa shape index (κ1) is 33.6. The van der Waals surface area contributed by atoms with Crippen LogP contribution >= 0.6 is 11.6 Å². The average Bonchev–Trinajstić information content (AvgIpc) is 3.42. The van der Waals surface area contributed by atoms with Crippen LogP contribution in [-0.4, -0.2) is 56.9 Å². The molecule has 1 aliphatic heterocycles. The van der Waals surface area contributed by atoms with Gasteiger partial charge in [0.1, 0.15) is 11.4 Å². The number of nitrogens with zero attached hydrogens (tertiary/aromatic N) is 5. The van der Waals surface area contributed by atoms with E-state index < -0.39 is 11.7 Å². The molecule has 0 saturated carbocycles. The van der Waals surface area contributed by atoms with Gasteiger partial charge in [0.05, 0.1) is 34.9 Å². The third kappa shape index (κ3) is 6.83. The highest BCUT2D eigenvalue weighted by molar-refractivity contribution is 6.36. The molecule has 0 unspecified atom stereocenters. The standard InChI is InChI=1S/C36H36ClFN8O3/c1-20-23(24-9-7-11-26(32(24)37)44-36(48)34-42-29-19-45(3)15-13-30(29)46(34)4)8-6-10-25(20)43-35(47)28-16-31(49-5)22(18-41-28)17-40-27-12-14-39-21(2)33(27)38/h6-12,14,16,18H,13,15,17,19H2,1-5H3,(H,39,40)(H,43,47)(H,44,48). The van der Waals surface area contributed by atoms with Crippen LogP contribution in [0.2, 0.25) is 5.02 Å². The molecular formula is C36H36ClFN8O3. The molecule has 3 N–H and O–H groups in total. The minimum Gasteiger partial charge on any atom is -0.496 e. The Morgan fingerprint density at radius 1 is 0.980 bits per heavy atom. The first-order valence-electron chi connectivity index (χ1n) is 15.7. The van der Waals surface area contributed by atoms with Crippen molar-refractivity contribution in [3.05, 3.63) is 111 Å². The van der Waals surface area contributed by atoms with Crippen LogP contribution in [0, 0.1) is 19.7 Å². The summed E-state index contributed by atoms with van der Waals surface area (Å²) in [5.74, 6) is -0.467. The Balaban J connectivity index is 1.19. The molecule has 4 heterocycles. The maximum Gasteiger partial charge on any atom is 0.291 e. The molecule has 0 radical (unpaired) electrons. The molecule has 2 amide bonds. The number of fused-ring (bicyclic) bond motifs is 1. The zero-order valence-corrected chi connectivity index (χ0v) is 28.6. The normalized spacial score (nSPS) is 12.7. The third-order valence-electron chi connectivity index (χ3n) is 8.70. The van der Waals surface area contributed by atoms with Crippen molar-refractivity contribution >= 4 is 40.5 Å². The van der Waals surface area contributed by atoms with Crippen LogP contribution in [-0.2, 0) is 26.6 Å². The number of anilines is 3. The summed E-state index contributed by atoms with van der Waals surface area (Å²) < 4.78 is 21.8. The summed E-state index contributed by atoms with van der Waals surface area (Å²) in [6, 6.07) is 14.0. The number of amides is 2. The molecule has 5 aromatic rings. The number of methoxy groups -OCH3 is 1. The molecule has 1 aliphatic rings. The van der Waals surface area contributed by atoms with E-state index in [1.165, 1.54) is 19.5 Å². The Kier molecular flexibility index (Phi) is 9.61. The molecule has 13 heteroatoms. The van der Waals surface area contributed by atoms with Crippen molar-refractivity contribution in [2.45, 2.75) is 33.4 Å². The third-order valence-corrected chi connectivity index (χ3v) is 9.11. The molecule has 252 valence electrons. The van der Waals surface area contributed by atoms with E-state index in [9.17, 15) is 14.0 Å². The average molecular weight is 683 g/mol. The fourth-order valence-corrected chi connectivity index (χ4v) is 6.19. The second kappa shape index (κ2) is 14.0. The van der Waals surface area contributed by atoms with Crippen LogP contribution in [0.1, 0.15) is 49.3 Å². The number of imidazole rings is 1. The second-order valence-corrected chi connectivity index (χ2v) is 12.3. The monoisotopic (exact) mass is 682 g/mol. The molecule has 3 aromatic heterocycles. The lowest BCUT2D eigenvalue weighted by atomic mass is 9.98. The summed E-state index contributed by atoms with van der Waals surface area (Å²) >= 11 is 6.90. The number of hydrogen-bond donors (Lipinski definition) is 3. The smallest absolute Gasteiger partial charge is 0.291 e. The fraction of sp³-hybridized carbons (Fsp3) is 0.250. The van der Waals surface area contributed by atoms with E-state index in [1.807, 2.05) is 49.9 Å². The molecule has 0 fully saturated rings. The van der Waals surface area contributed by atoms with Crippen molar-refractivity contribution in [1.29, 1.82) is 0 Å². The number of likely N-dealkylation sites (N-methyl/N-ethyl adjacent to an activating group) is 1. The largest absolute Gasteiger partial charge is 0.496 e. The van der Waals surface area contributed by atoms with E-state index >= 15 is 0 Å². The van der Waals surface area contributed by atoms with E-state index in [0.29, 0.717) is 51.3 Å². The number of carbonyl (C=O) groups is 2. The lowest BCUT2D eigenvalue weighted by Gasteiger charge is -2.21. The van der Waals surface area contributed by atoms with Gasteiger partial charge in [-0.25, -0.2) is 9.37 Å². The van der Waals surface area contributed by atoms with Crippen molar-refractivity contribution in [2.24, 2.45) is 7.05 Å². The molecule has 0 atom stereocenters. The van der Waals surface area contributed by atoms with Crippen LogP contribution < -0.4 is 20.7 Å². The number of pyridine rings is 2. The number of aromatic nitrogens is 4. The topological polar surface area (TPSA) is 126 Å². The number of nitrogens with one attached hydrogen (secondary N) is 3. The van der Waals surface area contributed by atoms with Gasteiger partial charge in [0.15, 0.2) is 11.6 Å². The van der Waals surface area contributed by atoms with Gasteiger partial charge in [0, 0.05) is 74.1 Å². The van der Waals surface area contributed by atoms with Crippen molar-refractivity contribution in [3.8, 4) is 16.9 Å². The molecule has 0 bridgehead atoms. The summed E-state index contributed by atoms with van der Waals surface area (Å²) in [6.07, 6.45) is 3.87. The summed E-state index contributed by atoms with van der Waals surface area (Å²) in [4.78, 5) is 41.8. The number of halogens is 2. The van der Waals surface area contributed by atoms with E-state index in [-0.39, 0.29) is 23.8 Å². The Morgan fingerprint density at radius 3 is 2.49 bits per heavy atom. The zero-order chi connectivity index (χ0) is 34.8. The van der Waals surface area contributed by atoms with Gasteiger partial charge in [-0.1, -0.05) is 35.9 Å². The molecule has 49 heavy (non-hydrogen) atoms. The van der Waals surface area contributed by atoms with Gasteiger partial charge < -0.3 is 30.2 Å². The summed E-state index contributed by atoms with van der Waals surface area (Å²) in [5, 5.41) is 9.27. The quantitative estimate of drug-likeness (QED) is 0.163. The summed E-state index contributed by atoms with van der Waals surface area (Å²) in [7, 11) is 5.39. The number of rotatable bonds is 9. The lowest BCUT2D eigenvalue weighted by molar-refractivity contribution is 0.100. The number of ether oxygens (including phenoxy) is 1. The van der Waals surface area contributed by atoms with Crippen molar-refractivity contribution in [3.63, 3.8) is 0 Å². The van der Waals surface area contributed by atoms with E-state index in [0.717, 1.165) is 35.5 Å². The minimum absolute atomic E-state index is 0.140. The maximum atomic E-state index is 14.4. The lowest BCUT2D eigenvalue weighted by Crippen LogP contribution is -2.27. The summed E-state index contributed by atoms with van der Waals surface area (Å²) in [6.45, 7) is 5.30. The Bertz CT molecular complexity index is 2080. The number of carbonyl (C=O) groups excluding carboxylic acids is 2. The van der Waals surface area contributed by atoms with Crippen LogP contribution in [0.4, 0.5) is 21.5 Å². The van der Waals surface area contributed by atoms with Gasteiger partial charge in [-0.15, -0.1) is 0 Å². The van der Waals surface area contributed by atoms with Crippen LogP contribution in [0.5, 0.6) is 5.75 Å². The van der Waals surface area contributed by atoms with E-state index in [1.54, 1.807) is 31.2 Å². The Labute approximate surface area is 288 Å². The Morgan fingerprint density at radius 2 is 1.71 bits per heavy atom. The van der Waals surface area contributed by atoms with E-state index in [4.69, 9.17) is 16.3 Å². The molecule has 6 rings (SSSR count). The number of aryl methyl sites for hydroxylation is 1. The molecule has 2 aromatic carbocycles. The zero-order valence-electron chi connectivity index (χ0n) is 27.8. The number of benzene rings is 2. The molecule has 0 aliphatic carbocycles. The highest BCUT2D eigenvalue weighted by Crippen LogP contribution is 2.38. The first-order chi connectivity index (χ1) is 23.5. The SMILES string of the molecule is COc1cc(C(=O)Nc2cccc(-c3cccc(NC(=O)c4nc5c(n4C)CCN(C)C5)c3Cl)c2C)ncc1CNc1ccnc(C)c1F. The Hall–Kier alpha value is -5.33. The predicted molar refractivity (Wildman–Crippen MR) is 188 cm³/mol. The molecule has 0 saturated heterocycles. The molecule has 11 nitrogen and oxygen atoms in total. The van der Waals surface area contributed by atoms with Gasteiger partial charge in [-0.05, 0) is 50.2 Å². The fourth-order valence-electron chi connectivity index (χ4n) is 5.91. The highest BCUT2D eigenvalue weighted by atomic mass is 35.5. The van der Waals surface area contributed by atoms with Gasteiger partial charge in [0.25, 0.3) is 11.8 Å². The van der Waals surface area contributed by atoms with Crippen LogP contribution in [0.25, 0.3) is 11.1 Å². The minimum atomic E-state index is -0.440. The van der Waals surface area contributed by atoms with Crippen molar-refractivity contribution in [2.75, 3.05) is 36.7 Å². The predicted octanol–water partition coefficient (Wildman–Crippen LogP) is 6.40. The highest BCUT2D eigenvalue weighted by Gasteiger charge is 2.25. The molecule has 0 spiro atoms.